The molecule has 1 N–H and O–H groups in total. The molecule has 0 aliphatic rings. The molecule has 0 aromatic carbocycles. The molecule has 0 saturated heterocycles. The molecule has 0 amide bonds. The standard InChI is InChI=1S/C12H21NOS/c1-12(2,3)11(14-4)8-13-7-10-5-6-15-9-10/h5-6,9,11,13H,7-8H2,1-4H3. The van der Waals surface area contributed by atoms with Crippen molar-refractivity contribution in [3.63, 3.8) is 0 Å². The van der Waals surface area contributed by atoms with Gasteiger partial charge in [-0.25, -0.2) is 0 Å². The molecule has 0 spiro atoms. The van der Waals surface area contributed by atoms with Crippen molar-refractivity contribution in [2.24, 2.45) is 5.41 Å². The summed E-state index contributed by atoms with van der Waals surface area (Å²) in [4.78, 5) is 0. The third-order valence-corrected chi connectivity index (χ3v) is 3.22. The van der Waals surface area contributed by atoms with Crippen LogP contribution in [-0.4, -0.2) is 19.8 Å². The predicted molar refractivity (Wildman–Crippen MR) is 66.3 cm³/mol. The quantitative estimate of drug-likeness (QED) is 0.835. The summed E-state index contributed by atoms with van der Waals surface area (Å²) in [5, 5.41) is 7.71. The van der Waals surface area contributed by atoms with E-state index >= 15 is 0 Å². The lowest BCUT2D eigenvalue weighted by Gasteiger charge is -2.29. The number of hydrogen-bond donors (Lipinski definition) is 1. The molecule has 0 saturated carbocycles. The van der Waals surface area contributed by atoms with E-state index < -0.39 is 0 Å². The fourth-order valence-corrected chi connectivity index (χ4v) is 2.15. The summed E-state index contributed by atoms with van der Waals surface area (Å²) in [6.45, 7) is 8.43. The molecule has 0 fully saturated rings. The molecular weight excluding hydrogens is 206 g/mol. The molecule has 2 nitrogen and oxygen atoms in total. The van der Waals surface area contributed by atoms with Crippen molar-refractivity contribution >= 4 is 11.3 Å². The van der Waals surface area contributed by atoms with Crippen LogP contribution in [0.15, 0.2) is 16.8 Å². The first kappa shape index (κ1) is 12.7. The van der Waals surface area contributed by atoms with Crippen LogP contribution in [0.3, 0.4) is 0 Å². The van der Waals surface area contributed by atoms with Crippen LogP contribution in [0.1, 0.15) is 26.3 Å². The van der Waals surface area contributed by atoms with Gasteiger partial charge in [0.15, 0.2) is 0 Å². The van der Waals surface area contributed by atoms with E-state index in [0.29, 0.717) is 0 Å². The molecule has 3 heteroatoms. The van der Waals surface area contributed by atoms with Gasteiger partial charge in [0, 0.05) is 20.2 Å². The van der Waals surface area contributed by atoms with Gasteiger partial charge in [0.2, 0.25) is 0 Å². The van der Waals surface area contributed by atoms with Gasteiger partial charge < -0.3 is 10.1 Å². The molecular formula is C12H21NOS. The minimum absolute atomic E-state index is 0.191. The lowest BCUT2D eigenvalue weighted by molar-refractivity contribution is 0.0173. The van der Waals surface area contributed by atoms with Gasteiger partial charge >= 0.3 is 0 Å². The number of nitrogens with one attached hydrogen (secondary N) is 1. The van der Waals surface area contributed by atoms with Gasteiger partial charge in [-0.3, -0.25) is 0 Å². The van der Waals surface area contributed by atoms with Crippen LogP contribution in [0.2, 0.25) is 0 Å². The molecule has 1 aromatic heterocycles. The van der Waals surface area contributed by atoms with E-state index in [1.54, 1.807) is 18.4 Å². The Hall–Kier alpha value is -0.380. The van der Waals surface area contributed by atoms with Crippen LogP contribution in [0, 0.1) is 5.41 Å². The number of methoxy groups -OCH3 is 1. The van der Waals surface area contributed by atoms with Crippen molar-refractivity contribution in [3.8, 4) is 0 Å². The number of thiophene rings is 1. The van der Waals surface area contributed by atoms with Gasteiger partial charge in [-0.05, 0) is 27.8 Å². The van der Waals surface area contributed by atoms with Crippen molar-refractivity contribution in [3.05, 3.63) is 22.4 Å². The maximum atomic E-state index is 5.47. The summed E-state index contributed by atoms with van der Waals surface area (Å²) in [5.41, 5.74) is 1.54. The number of rotatable bonds is 5. The maximum absolute atomic E-state index is 5.47. The molecule has 15 heavy (non-hydrogen) atoms. The van der Waals surface area contributed by atoms with Gasteiger partial charge in [-0.2, -0.15) is 11.3 Å². The molecule has 0 bridgehead atoms. The summed E-state index contributed by atoms with van der Waals surface area (Å²) >= 11 is 1.74. The maximum Gasteiger partial charge on any atom is 0.0743 e. The predicted octanol–water partition coefficient (Wildman–Crippen LogP) is 2.90. The van der Waals surface area contributed by atoms with Crippen molar-refractivity contribution in [1.82, 2.24) is 5.32 Å². The highest BCUT2D eigenvalue weighted by atomic mass is 32.1. The number of ether oxygens (including phenoxy) is 1. The topological polar surface area (TPSA) is 21.3 Å². The summed E-state index contributed by atoms with van der Waals surface area (Å²) in [6, 6.07) is 2.15. The monoisotopic (exact) mass is 227 g/mol. The zero-order valence-electron chi connectivity index (χ0n) is 10.0. The van der Waals surface area contributed by atoms with Gasteiger partial charge in [-0.15, -0.1) is 0 Å². The highest BCUT2D eigenvalue weighted by molar-refractivity contribution is 7.07. The zero-order valence-corrected chi connectivity index (χ0v) is 10.9. The average Bonchev–Trinajstić information content (AvgIpc) is 2.62. The van der Waals surface area contributed by atoms with Crippen LogP contribution in [0.5, 0.6) is 0 Å². The van der Waals surface area contributed by atoms with Crippen LogP contribution in [0.4, 0.5) is 0 Å². The van der Waals surface area contributed by atoms with Gasteiger partial charge in [0.1, 0.15) is 0 Å². The molecule has 1 unspecified atom stereocenters. The van der Waals surface area contributed by atoms with E-state index in [1.165, 1.54) is 5.56 Å². The largest absolute Gasteiger partial charge is 0.380 e. The minimum atomic E-state index is 0.191. The van der Waals surface area contributed by atoms with Crippen LogP contribution in [-0.2, 0) is 11.3 Å². The smallest absolute Gasteiger partial charge is 0.0743 e. The Labute approximate surface area is 96.7 Å². The highest BCUT2D eigenvalue weighted by Gasteiger charge is 2.23. The van der Waals surface area contributed by atoms with E-state index in [2.05, 4.69) is 42.9 Å². The van der Waals surface area contributed by atoms with Gasteiger partial charge in [0.05, 0.1) is 6.10 Å². The third-order valence-electron chi connectivity index (χ3n) is 2.49. The second-order valence-electron chi connectivity index (χ2n) is 4.85. The van der Waals surface area contributed by atoms with Crippen molar-refractivity contribution in [2.75, 3.05) is 13.7 Å². The Morgan fingerprint density at radius 3 is 2.67 bits per heavy atom. The Balaban J connectivity index is 2.29. The fraction of sp³-hybridized carbons (Fsp3) is 0.667. The van der Waals surface area contributed by atoms with Crippen molar-refractivity contribution in [1.29, 1.82) is 0 Å². The second kappa shape index (κ2) is 5.64. The van der Waals surface area contributed by atoms with E-state index in [1.807, 2.05) is 0 Å². The summed E-state index contributed by atoms with van der Waals surface area (Å²) in [7, 11) is 1.78. The second-order valence-corrected chi connectivity index (χ2v) is 5.63. The highest BCUT2D eigenvalue weighted by Crippen LogP contribution is 2.21. The molecule has 0 radical (unpaired) electrons. The van der Waals surface area contributed by atoms with E-state index in [-0.39, 0.29) is 11.5 Å². The Morgan fingerprint density at radius 2 is 2.20 bits per heavy atom. The lowest BCUT2D eigenvalue weighted by Crippen LogP contribution is -2.37. The SMILES string of the molecule is COC(CNCc1ccsc1)C(C)(C)C. The molecule has 1 heterocycles. The first-order valence-electron chi connectivity index (χ1n) is 5.28. The van der Waals surface area contributed by atoms with Crippen molar-refractivity contribution in [2.45, 2.75) is 33.4 Å². The molecule has 1 rings (SSSR count). The van der Waals surface area contributed by atoms with E-state index in [9.17, 15) is 0 Å². The third kappa shape index (κ3) is 4.33. The summed E-state index contributed by atoms with van der Waals surface area (Å²) in [6.07, 6.45) is 0.260. The minimum Gasteiger partial charge on any atom is -0.380 e. The Kier molecular flexibility index (Phi) is 4.77. The lowest BCUT2D eigenvalue weighted by atomic mass is 9.89. The molecule has 0 aliphatic heterocycles. The van der Waals surface area contributed by atoms with Crippen LogP contribution < -0.4 is 5.32 Å². The summed E-state index contributed by atoms with van der Waals surface area (Å²) in [5.74, 6) is 0. The van der Waals surface area contributed by atoms with E-state index in [0.717, 1.165) is 13.1 Å². The molecule has 0 aliphatic carbocycles. The van der Waals surface area contributed by atoms with Gasteiger partial charge in [-0.1, -0.05) is 20.8 Å². The van der Waals surface area contributed by atoms with E-state index in [4.69, 9.17) is 4.74 Å². The normalized spacial score (nSPS) is 14.1. The first-order valence-corrected chi connectivity index (χ1v) is 6.23. The molecule has 86 valence electrons. The zero-order chi connectivity index (χ0) is 11.3. The first-order chi connectivity index (χ1) is 7.04. The van der Waals surface area contributed by atoms with Crippen LogP contribution >= 0.6 is 11.3 Å². The Morgan fingerprint density at radius 1 is 1.47 bits per heavy atom. The average molecular weight is 227 g/mol. The van der Waals surface area contributed by atoms with Gasteiger partial charge in [0.25, 0.3) is 0 Å². The Bertz CT molecular complexity index is 264. The number of hydrogen-bond acceptors (Lipinski definition) is 3. The molecule has 1 aromatic rings. The van der Waals surface area contributed by atoms with Crippen molar-refractivity contribution < 1.29 is 4.74 Å². The van der Waals surface area contributed by atoms with Crippen LogP contribution in [0.25, 0.3) is 0 Å². The fourth-order valence-electron chi connectivity index (χ4n) is 1.48. The molecule has 1 atom stereocenters. The summed E-state index contributed by atoms with van der Waals surface area (Å²) < 4.78 is 5.47.